The number of hydrogen-bond acceptors (Lipinski definition) is 4. The summed E-state index contributed by atoms with van der Waals surface area (Å²) in [6.07, 6.45) is 0.471. The molecule has 0 bridgehead atoms. The van der Waals surface area contributed by atoms with E-state index in [0.29, 0.717) is 22.9 Å². The van der Waals surface area contributed by atoms with E-state index in [4.69, 9.17) is 16.7 Å². The van der Waals surface area contributed by atoms with Crippen molar-refractivity contribution in [1.82, 2.24) is 5.32 Å². The fourth-order valence-electron chi connectivity index (χ4n) is 1.46. The predicted octanol–water partition coefficient (Wildman–Crippen LogP) is 3.13. The van der Waals surface area contributed by atoms with Gasteiger partial charge in [-0.2, -0.15) is 0 Å². The molecule has 20 heavy (non-hydrogen) atoms. The number of hydrogen-bond donors (Lipinski definition) is 2. The summed E-state index contributed by atoms with van der Waals surface area (Å²) in [7, 11) is 0. The normalized spacial score (nSPS) is 9.90. The zero-order chi connectivity index (χ0) is 14.4. The molecule has 2 aromatic rings. The van der Waals surface area contributed by atoms with Gasteiger partial charge in [0.2, 0.25) is 0 Å². The van der Waals surface area contributed by atoms with Crippen molar-refractivity contribution in [2.75, 3.05) is 6.61 Å². The highest BCUT2D eigenvalue weighted by molar-refractivity contribution is 7.12. The zero-order valence-corrected chi connectivity index (χ0v) is 12.9. The number of amides is 1. The van der Waals surface area contributed by atoms with Crippen LogP contribution in [-0.4, -0.2) is 17.6 Å². The summed E-state index contributed by atoms with van der Waals surface area (Å²) in [5, 5.41) is 15.7. The quantitative estimate of drug-likeness (QED) is 0.848. The van der Waals surface area contributed by atoms with E-state index in [1.54, 1.807) is 22.8 Å². The molecule has 0 saturated carbocycles. The molecule has 2 rings (SSSR count). The Bertz CT molecular complexity index is 651. The molecule has 1 amide bonds. The van der Waals surface area contributed by atoms with Crippen molar-refractivity contribution < 1.29 is 9.90 Å². The van der Waals surface area contributed by atoms with Crippen LogP contribution < -0.4 is 5.32 Å². The van der Waals surface area contributed by atoms with Gasteiger partial charge in [-0.15, -0.1) is 22.7 Å². The molecule has 0 aliphatic carbocycles. The average Bonchev–Trinajstić information content (AvgIpc) is 3.05. The highest BCUT2D eigenvalue weighted by Gasteiger charge is 2.11. The molecule has 0 atom stereocenters. The number of aliphatic hydroxyl groups is 1. The molecular formula is C14H12ClNO2S2. The van der Waals surface area contributed by atoms with Gasteiger partial charge >= 0.3 is 0 Å². The van der Waals surface area contributed by atoms with Crippen molar-refractivity contribution in [2.24, 2.45) is 0 Å². The highest BCUT2D eigenvalue weighted by atomic mass is 35.5. The summed E-state index contributed by atoms with van der Waals surface area (Å²) in [5.74, 6) is 5.66. The molecule has 0 fully saturated rings. The van der Waals surface area contributed by atoms with Crippen LogP contribution in [0.3, 0.4) is 0 Å². The van der Waals surface area contributed by atoms with Gasteiger partial charge in [0.1, 0.15) is 4.88 Å². The van der Waals surface area contributed by atoms with Gasteiger partial charge in [0.15, 0.2) is 0 Å². The number of nitrogens with one attached hydrogen (secondary N) is 1. The maximum atomic E-state index is 11.9. The Morgan fingerprint density at radius 1 is 1.45 bits per heavy atom. The number of carbonyl (C=O) groups is 1. The zero-order valence-electron chi connectivity index (χ0n) is 10.5. The van der Waals surface area contributed by atoms with Crippen LogP contribution in [0.2, 0.25) is 5.02 Å². The minimum atomic E-state index is -0.161. The maximum absolute atomic E-state index is 11.9. The Kier molecular flexibility index (Phi) is 5.62. The molecule has 2 aromatic heterocycles. The summed E-state index contributed by atoms with van der Waals surface area (Å²) >= 11 is 8.77. The van der Waals surface area contributed by atoms with Crippen molar-refractivity contribution in [2.45, 2.75) is 13.0 Å². The number of halogens is 1. The van der Waals surface area contributed by atoms with Crippen LogP contribution in [0.5, 0.6) is 0 Å². The van der Waals surface area contributed by atoms with E-state index < -0.39 is 0 Å². The van der Waals surface area contributed by atoms with Crippen molar-refractivity contribution in [3.8, 4) is 11.8 Å². The SMILES string of the molecule is O=C(NCc1cc(C#CCCO)cs1)c1sccc1Cl. The van der Waals surface area contributed by atoms with E-state index in [9.17, 15) is 4.79 Å². The third-order valence-electron chi connectivity index (χ3n) is 2.37. The molecule has 0 aliphatic heterocycles. The van der Waals surface area contributed by atoms with E-state index >= 15 is 0 Å². The summed E-state index contributed by atoms with van der Waals surface area (Å²) in [6.45, 7) is 0.529. The van der Waals surface area contributed by atoms with E-state index in [-0.39, 0.29) is 12.5 Å². The van der Waals surface area contributed by atoms with Gasteiger partial charge < -0.3 is 10.4 Å². The lowest BCUT2D eigenvalue weighted by Crippen LogP contribution is -2.21. The molecular weight excluding hydrogens is 314 g/mol. The fraction of sp³-hybridized carbons (Fsp3) is 0.214. The average molecular weight is 326 g/mol. The summed E-state index contributed by atoms with van der Waals surface area (Å²) in [6, 6.07) is 3.65. The monoisotopic (exact) mass is 325 g/mol. The lowest BCUT2D eigenvalue weighted by atomic mass is 10.3. The topological polar surface area (TPSA) is 49.3 Å². The Morgan fingerprint density at radius 2 is 2.30 bits per heavy atom. The first kappa shape index (κ1) is 15.1. The summed E-state index contributed by atoms with van der Waals surface area (Å²) in [4.78, 5) is 13.4. The lowest BCUT2D eigenvalue weighted by Gasteiger charge is -2.01. The molecule has 0 aliphatic rings. The van der Waals surface area contributed by atoms with Crippen LogP contribution in [0.25, 0.3) is 0 Å². The molecule has 0 unspecified atom stereocenters. The van der Waals surface area contributed by atoms with Gasteiger partial charge in [-0.25, -0.2) is 0 Å². The fourth-order valence-corrected chi connectivity index (χ4v) is 3.28. The van der Waals surface area contributed by atoms with Crippen LogP contribution in [0.4, 0.5) is 0 Å². The van der Waals surface area contributed by atoms with Crippen molar-refractivity contribution in [3.05, 3.63) is 43.2 Å². The van der Waals surface area contributed by atoms with Crippen molar-refractivity contribution in [1.29, 1.82) is 0 Å². The van der Waals surface area contributed by atoms with E-state index in [2.05, 4.69) is 17.2 Å². The van der Waals surface area contributed by atoms with Crippen LogP contribution in [-0.2, 0) is 6.54 Å². The summed E-state index contributed by atoms with van der Waals surface area (Å²) in [5.41, 5.74) is 0.904. The van der Waals surface area contributed by atoms with E-state index in [0.717, 1.165) is 10.4 Å². The van der Waals surface area contributed by atoms with Gasteiger partial charge in [0.25, 0.3) is 5.91 Å². The van der Waals surface area contributed by atoms with Crippen LogP contribution in [0.15, 0.2) is 22.9 Å². The third kappa shape index (κ3) is 4.09. The van der Waals surface area contributed by atoms with Crippen LogP contribution >= 0.6 is 34.3 Å². The Balaban J connectivity index is 1.90. The lowest BCUT2D eigenvalue weighted by molar-refractivity contribution is 0.0955. The smallest absolute Gasteiger partial charge is 0.263 e. The Labute approximate surface area is 130 Å². The highest BCUT2D eigenvalue weighted by Crippen LogP contribution is 2.22. The third-order valence-corrected chi connectivity index (χ3v) is 4.65. The first-order valence-electron chi connectivity index (χ1n) is 5.89. The molecule has 0 spiro atoms. The second-order valence-corrected chi connectivity index (χ2v) is 6.18. The molecule has 2 heterocycles. The first-order valence-corrected chi connectivity index (χ1v) is 8.02. The standard InChI is InChI=1S/C14H12ClNO2S2/c15-12-4-6-19-13(12)14(18)16-8-11-7-10(9-20-11)3-1-2-5-17/h4,6-7,9,17H,2,5,8H2,(H,16,18). The molecule has 104 valence electrons. The largest absolute Gasteiger partial charge is 0.395 e. The van der Waals surface area contributed by atoms with Crippen LogP contribution in [0.1, 0.15) is 26.5 Å². The number of rotatable bonds is 4. The van der Waals surface area contributed by atoms with E-state index in [1.807, 2.05) is 11.4 Å². The first-order chi connectivity index (χ1) is 9.70. The molecule has 2 N–H and O–H groups in total. The number of aliphatic hydroxyl groups excluding tert-OH is 1. The molecule has 0 saturated heterocycles. The van der Waals surface area contributed by atoms with Gasteiger partial charge in [-0.1, -0.05) is 23.4 Å². The van der Waals surface area contributed by atoms with Crippen molar-refractivity contribution in [3.63, 3.8) is 0 Å². The molecule has 0 aromatic carbocycles. The van der Waals surface area contributed by atoms with Gasteiger partial charge in [-0.05, 0) is 17.5 Å². The van der Waals surface area contributed by atoms with E-state index in [1.165, 1.54) is 11.3 Å². The van der Waals surface area contributed by atoms with Crippen molar-refractivity contribution >= 4 is 40.2 Å². The second kappa shape index (κ2) is 7.46. The van der Waals surface area contributed by atoms with Gasteiger partial charge in [-0.3, -0.25) is 4.79 Å². The van der Waals surface area contributed by atoms with Crippen LogP contribution in [0, 0.1) is 11.8 Å². The predicted molar refractivity (Wildman–Crippen MR) is 83.4 cm³/mol. The number of thiophene rings is 2. The second-order valence-electron chi connectivity index (χ2n) is 3.86. The Hall–Kier alpha value is -1.32. The minimum Gasteiger partial charge on any atom is -0.395 e. The molecule has 6 heteroatoms. The molecule has 0 radical (unpaired) electrons. The number of carbonyl (C=O) groups excluding carboxylic acids is 1. The van der Waals surface area contributed by atoms with Gasteiger partial charge in [0.05, 0.1) is 18.2 Å². The maximum Gasteiger partial charge on any atom is 0.263 e. The minimum absolute atomic E-state index is 0.0711. The van der Waals surface area contributed by atoms with Gasteiger partial charge in [0, 0.05) is 22.2 Å². The summed E-state index contributed by atoms with van der Waals surface area (Å²) < 4.78 is 0. The Morgan fingerprint density at radius 3 is 3.00 bits per heavy atom. The molecule has 3 nitrogen and oxygen atoms in total.